The van der Waals surface area contributed by atoms with Crippen LogP contribution in [0.25, 0.3) is 0 Å². The fourth-order valence-corrected chi connectivity index (χ4v) is 5.26. The highest BCUT2D eigenvalue weighted by molar-refractivity contribution is 6.02. The summed E-state index contributed by atoms with van der Waals surface area (Å²) in [6, 6.07) is 13.8. The molecular weight excluding hydrogens is 395 g/mol. The molecule has 4 rings (SSSR count). The topological polar surface area (TPSA) is 58.6 Å². The van der Waals surface area contributed by atoms with E-state index in [4.69, 9.17) is 4.74 Å². The van der Waals surface area contributed by atoms with Gasteiger partial charge in [0.2, 0.25) is 5.91 Å². The van der Waals surface area contributed by atoms with Crippen molar-refractivity contribution in [1.29, 1.82) is 0 Å². The maximum absolute atomic E-state index is 13.6. The second kappa shape index (κ2) is 9.18. The van der Waals surface area contributed by atoms with Crippen molar-refractivity contribution in [2.24, 2.45) is 0 Å². The van der Waals surface area contributed by atoms with Gasteiger partial charge in [0.05, 0.1) is 18.1 Å². The van der Waals surface area contributed by atoms with Gasteiger partial charge in [0.25, 0.3) is 5.91 Å². The number of halogens is 1. The predicted octanol–water partition coefficient (Wildman–Crippen LogP) is 3.68. The van der Waals surface area contributed by atoms with Crippen LogP contribution in [0.3, 0.4) is 0 Å². The molecule has 0 saturated heterocycles. The molecule has 2 aliphatic rings. The molecule has 1 saturated carbocycles. The number of fused-ring (bicyclic) bond motifs is 1. The molecule has 1 N–H and O–H groups in total. The van der Waals surface area contributed by atoms with Crippen molar-refractivity contribution in [3.05, 3.63) is 71.0 Å². The van der Waals surface area contributed by atoms with Gasteiger partial charge >= 0.3 is 0 Å². The molecule has 0 aromatic heterocycles. The summed E-state index contributed by atoms with van der Waals surface area (Å²) in [5, 5.41) is 3.10. The number of nitrogens with one attached hydrogen (secondary N) is 1. The molecule has 0 radical (unpaired) electrons. The summed E-state index contributed by atoms with van der Waals surface area (Å²) in [6.45, 7) is 1.38. The molecule has 1 atom stereocenters. The highest BCUT2D eigenvalue weighted by Gasteiger charge is 2.55. The van der Waals surface area contributed by atoms with Gasteiger partial charge in [0.15, 0.2) is 0 Å². The molecule has 164 valence electrons. The van der Waals surface area contributed by atoms with Crippen molar-refractivity contribution in [3.63, 3.8) is 0 Å². The molecule has 6 heteroatoms. The lowest BCUT2D eigenvalue weighted by molar-refractivity contribution is -0.126. The van der Waals surface area contributed by atoms with Crippen molar-refractivity contribution in [2.75, 3.05) is 26.8 Å². The van der Waals surface area contributed by atoms with E-state index in [9.17, 15) is 14.0 Å². The van der Waals surface area contributed by atoms with E-state index in [0.29, 0.717) is 31.7 Å². The first kappa shape index (κ1) is 21.5. The van der Waals surface area contributed by atoms with Gasteiger partial charge in [0.1, 0.15) is 5.82 Å². The van der Waals surface area contributed by atoms with Crippen LogP contribution >= 0.6 is 0 Å². The third kappa shape index (κ3) is 4.09. The Morgan fingerprint density at radius 1 is 1.16 bits per heavy atom. The van der Waals surface area contributed by atoms with E-state index < -0.39 is 11.5 Å². The van der Waals surface area contributed by atoms with Gasteiger partial charge in [-0.25, -0.2) is 4.39 Å². The number of benzene rings is 2. The summed E-state index contributed by atoms with van der Waals surface area (Å²) in [7, 11) is 1.63. The Kier molecular flexibility index (Phi) is 6.37. The standard InChI is InChI=1S/C25H29FN2O3/c1-31-17-16-28-24(30)21-7-3-2-6-20(21)22(25(28)13-4-5-14-25)23(29)27-15-12-18-8-10-19(26)11-9-18/h2-3,6-11,22H,4-5,12-17H2,1H3,(H,27,29)/t22-/m0/s1. The molecule has 0 unspecified atom stereocenters. The van der Waals surface area contributed by atoms with Gasteiger partial charge in [-0.15, -0.1) is 0 Å². The second-order valence-corrected chi connectivity index (χ2v) is 8.45. The highest BCUT2D eigenvalue weighted by Crippen LogP contribution is 2.50. The van der Waals surface area contributed by atoms with Crippen LogP contribution in [-0.2, 0) is 16.0 Å². The molecule has 2 amide bonds. The maximum atomic E-state index is 13.6. The van der Waals surface area contributed by atoms with E-state index in [0.717, 1.165) is 36.8 Å². The van der Waals surface area contributed by atoms with E-state index in [1.54, 1.807) is 19.2 Å². The minimum atomic E-state index is -0.510. The zero-order valence-corrected chi connectivity index (χ0v) is 17.9. The first-order valence-electron chi connectivity index (χ1n) is 11.0. The lowest BCUT2D eigenvalue weighted by atomic mass is 9.71. The Balaban J connectivity index is 1.61. The van der Waals surface area contributed by atoms with E-state index in [1.807, 2.05) is 29.2 Å². The molecule has 1 spiro atoms. The molecule has 1 aliphatic heterocycles. The fraction of sp³-hybridized carbons (Fsp3) is 0.440. The number of nitrogens with zero attached hydrogens (tertiary/aromatic N) is 1. The predicted molar refractivity (Wildman–Crippen MR) is 116 cm³/mol. The van der Waals surface area contributed by atoms with Crippen LogP contribution in [0.2, 0.25) is 0 Å². The van der Waals surface area contributed by atoms with Gasteiger partial charge in [-0.1, -0.05) is 43.2 Å². The third-order valence-electron chi connectivity index (χ3n) is 6.70. The largest absolute Gasteiger partial charge is 0.383 e. The van der Waals surface area contributed by atoms with Crippen molar-refractivity contribution in [2.45, 2.75) is 43.6 Å². The molecule has 2 aromatic rings. The summed E-state index contributed by atoms with van der Waals surface area (Å²) in [5.41, 5.74) is 1.89. The Labute approximate surface area is 182 Å². The van der Waals surface area contributed by atoms with Gasteiger partial charge in [-0.3, -0.25) is 9.59 Å². The molecule has 1 fully saturated rings. The number of ether oxygens (including phenoxy) is 1. The fourth-order valence-electron chi connectivity index (χ4n) is 5.26. The number of hydrogen-bond donors (Lipinski definition) is 1. The van der Waals surface area contributed by atoms with Crippen LogP contribution in [0, 0.1) is 5.82 Å². The van der Waals surface area contributed by atoms with Gasteiger partial charge in [-0.05, 0) is 48.6 Å². The second-order valence-electron chi connectivity index (χ2n) is 8.45. The number of carbonyl (C=O) groups excluding carboxylic acids is 2. The maximum Gasteiger partial charge on any atom is 0.254 e. The quantitative estimate of drug-likeness (QED) is 0.738. The third-order valence-corrected chi connectivity index (χ3v) is 6.70. The molecule has 0 bridgehead atoms. The number of carbonyl (C=O) groups is 2. The van der Waals surface area contributed by atoms with Gasteiger partial charge in [0, 0.05) is 25.8 Å². The van der Waals surface area contributed by atoms with E-state index in [1.165, 1.54) is 12.1 Å². The smallest absolute Gasteiger partial charge is 0.254 e. The summed E-state index contributed by atoms with van der Waals surface area (Å²) in [5.74, 6) is -0.735. The number of hydrogen-bond acceptors (Lipinski definition) is 3. The van der Waals surface area contributed by atoms with Gasteiger partial charge < -0.3 is 15.0 Å². The molecule has 1 aliphatic carbocycles. The van der Waals surface area contributed by atoms with Crippen LogP contribution in [-0.4, -0.2) is 49.1 Å². The number of rotatable bonds is 7. The summed E-state index contributed by atoms with van der Waals surface area (Å²) >= 11 is 0. The van der Waals surface area contributed by atoms with Crippen LogP contribution in [0.5, 0.6) is 0 Å². The Morgan fingerprint density at radius 2 is 1.87 bits per heavy atom. The normalized spacial score (nSPS) is 19.5. The van der Waals surface area contributed by atoms with Crippen LogP contribution < -0.4 is 5.32 Å². The van der Waals surface area contributed by atoms with Crippen molar-refractivity contribution < 1.29 is 18.7 Å². The minimum absolute atomic E-state index is 0.00934. The van der Waals surface area contributed by atoms with Crippen LogP contribution in [0.1, 0.15) is 53.1 Å². The Morgan fingerprint density at radius 3 is 2.58 bits per heavy atom. The Hall–Kier alpha value is -2.73. The average molecular weight is 425 g/mol. The van der Waals surface area contributed by atoms with Crippen molar-refractivity contribution >= 4 is 11.8 Å². The van der Waals surface area contributed by atoms with Gasteiger partial charge in [-0.2, -0.15) is 0 Å². The zero-order chi connectivity index (χ0) is 21.8. The van der Waals surface area contributed by atoms with Crippen molar-refractivity contribution in [1.82, 2.24) is 10.2 Å². The van der Waals surface area contributed by atoms with E-state index >= 15 is 0 Å². The minimum Gasteiger partial charge on any atom is -0.383 e. The summed E-state index contributed by atoms with van der Waals surface area (Å²) in [4.78, 5) is 28.8. The SMILES string of the molecule is COCCN1C(=O)c2ccccc2[C@@H](C(=O)NCCc2ccc(F)cc2)C12CCCC2. The average Bonchev–Trinajstić information content (AvgIpc) is 3.25. The van der Waals surface area contributed by atoms with Crippen LogP contribution in [0.4, 0.5) is 4.39 Å². The first-order chi connectivity index (χ1) is 15.1. The molecule has 5 nitrogen and oxygen atoms in total. The monoisotopic (exact) mass is 424 g/mol. The van der Waals surface area contributed by atoms with E-state index in [-0.39, 0.29) is 17.6 Å². The molecule has 2 aromatic carbocycles. The summed E-state index contributed by atoms with van der Waals surface area (Å²) in [6.07, 6.45) is 4.25. The van der Waals surface area contributed by atoms with Crippen LogP contribution in [0.15, 0.2) is 48.5 Å². The highest BCUT2D eigenvalue weighted by atomic mass is 19.1. The number of methoxy groups -OCH3 is 1. The Bertz CT molecular complexity index is 938. The molecule has 31 heavy (non-hydrogen) atoms. The number of amides is 2. The zero-order valence-electron chi connectivity index (χ0n) is 17.9. The lowest BCUT2D eigenvalue weighted by Crippen LogP contribution is -2.61. The van der Waals surface area contributed by atoms with E-state index in [2.05, 4.69) is 5.32 Å². The first-order valence-corrected chi connectivity index (χ1v) is 11.0. The summed E-state index contributed by atoms with van der Waals surface area (Å²) < 4.78 is 18.4. The molecule has 1 heterocycles. The van der Waals surface area contributed by atoms with Crippen molar-refractivity contribution in [3.8, 4) is 0 Å². The lowest BCUT2D eigenvalue weighted by Gasteiger charge is -2.50. The molecular formula is C25H29FN2O3.